The number of hydrogen-bond acceptors (Lipinski definition) is 3. The Bertz CT molecular complexity index is 3090. The Morgan fingerprint density at radius 2 is 1.03 bits per heavy atom. The predicted octanol–water partition coefficient (Wildman–Crippen LogP) is 15.0. The van der Waals surface area contributed by atoms with Crippen molar-refractivity contribution in [3.05, 3.63) is 180 Å². The molecule has 58 heavy (non-hydrogen) atoms. The van der Waals surface area contributed by atoms with E-state index in [2.05, 4.69) is 153 Å². The Balaban J connectivity index is 0.867. The van der Waals surface area contributed by atoms with Crippen LogP contribution in [0, 0.1) is 0 Å². The van der Waals surface area contributed by atoms with Crippen LogP contribution in [0.15, 0.2) is 158 Å². The summed E-state index contributed by atoms with van der Waals surface area (Å²) < 4.78 is 2.36. The number of benzene rings is 7. The Hall–Kier alpha value is -6.16. The molecule has 9 aromatic rings. The van der Waals surface area contributed by atoms with Gasteiger partial charge in [-0.15, -0.1) is 11.3 Å². The highest BCUT2D eigenvalue weighted by Gasteiger charge is 2.46. The fourth-order valence-electron chi connectivity index (χ4n) is 10.7. The van der Waals surface area contributed by atoms with Crippen molar-refractivity contribution >= 4 is 31.6 Å². The molecule has 0 unspecified atom stereocenters. The van der Waals surface area contributed by atoms with E-state index in [9.17, 15) is 0 Å². The number of thiophene rings is 1. The molecule has 3 heteroatoms. The van der Waals surface area contributed by atoms with Crippen molar-refractivity contribution in [3.8, 4) is 67.2 Å². The van der Waals surface area contributed by atoms with Gasteiger partial charge in [0.2, 0.25) is 0 Å². The zero-order valence-electron chi connectivity index (χ0n) is 32.8. The molecular formula is C55H42N2S. The fourth-order valence-corrected chi connectivity index (χ4v) is 11.9. The number of rotatable bonds is 4. The van der Waals surface area contributed by atoms with Crippen LogP contribution in [0.3, 0.4) is 0 Å². The van der Waals surface area contributed by atoms with Gasteiger partial charge in [-0.3, -0.25) is 0 Å². The van der Waals surface area contributed by atoms with Crippen LogP contribution < -0.4 is 0 Å². The summed E-state index contributed by atoms with van der Waals surface area (Å²) in [6.07, 6.45) is 6.51. The molecule has 7 aromatic carbocycles. The van der Waals surface area contributed by atoms with E-state index >= 15 is 0 Å². The van der Waals surface area contributed by atoms with Crippen molar-refractivity contribution in [2.24, 2.45) is 0 Å². The molecule has 2 nitrogen and oxygen atoms in total. The summed E-state index contributed by atoms with van der Waals surface area (Å²) in [7, 11) is 0. The van der Waals surface area contributed by atoms with E-state index in [0.29, 0.717) is 0 Å². The normalized spacial score (nSPS) is 15.7. The van der Waals surface area contributed by atoms with Crippen LogP contribution in [-0.2, 0) is 10.8 Å². The minimum atomic E-state index is -0.0817. The highest BCUT2D eigenvalue weighted by Crippen LogP contribution is 2.60. The first-order valence-corrected chi connectivity index (χ1v) is 21.7. The molecule has 1 saturated carbocycles. The summed E-state index contributed by atoms with van der Waals surface area (Å²) in [5.41, 5.74) is 20.9. The molecule has 1 fully saturated rings. The third kappa shape index (κ3) is 4.96. The van der Waals surface area contributed by atoms with Gasteiger partial charge in [0.15, 0.2) is 5.82 Å². The van der Waals surface area contributed by atoms with E-state index in [-0.39, 0.29) is 10.8 Å². The third-order valence-corrected chi connectivity index (χ3v) is 14.9. The summed E-state index contributed by atoms with van der Waals surface area (Å²) in [4.78, 5) is 10.3. The van der Waals surface area contributed by atoms with Gasteiger partial charge in [-0.05, 0) is 104 Å². The second kappa shape index (κ2) is 12.7. The van der Waals surface area contributed by atoms with Crippen LogP contribution in [0.5, 0.6) is 0 Å². The number of nitrogens with zero attached hydrogens (tertiary/aromatic N) is 2. The monoisotopic (exact) mass is 762 g/mol. The van der Waals surface area contributed by atoms with Gasteiger partial charge < -0.3 is 0 Å². The first-order valence-electron chi connectivity index (χ1n) is 20.9. The SMILES string of the molecule is CC1(C)c2cc(-c3ccc(-c4ccc(-c5nc(-c6ccccc6)nc6c5sc5ccccc56)cc4)cc3)ccc2-c2cc3c(cc21)-c1ccccc1C31CCCCC1. The smallest absolute Gasteiger partial charge is 0.160 e. The van der Waals surface area contributed by atoms with E-state index in [0.717, 1.165) is 32.9 Å². The molecule has 3 aliphatic rings. The molecule has 12 rings (SSSR count). The van der Waals surface area contributed by atoms with Crippen molar-refractivity contribution in [1.29, 1.82) is 0 Å². The van der Waals surface area contributed by atoms with E-state index < -0.39 is 0 Å². The maximum atomic E-state index is 5.18. The molecule has 278 valence electrons. The van der Waals surface area contributed by atoms with E-state index in [1.165, 1.54) is 97.8 Å². The number of fused-ring (bicyclic) bond motifs is 11. The molecular weight excluding hydrogens is 721 g/mol. The Kier molecular flexibility index (Phi) is 7.41. The summed E-state index contributed by atoms with van der Waals surface area (Å²) in [5.74, 6) is 0.757. The largest absolute Gasteiger partial charge is 0.226 e. The Morgan fingerprint density at radius 1 is 0.448 bits per heavy atom. The van der Waals surface area contributed by atoms with Gasteiger partial charge in [0.05, 0.1) is 15.9 Å². The van der Waals surface area contributed by atoms with E-state index in [1.54, 1.807) is 22.5 Å². The second-order valence-electron chi connectivity index (χ2n) is 17.2. The lowest BCUT2D eigenvalue weighted by Crippen LogP contribution is -2.28. The van der Waals surface area contributed by atoms with Crippen LogP contribution in [0.25, 0.3) is 87.5 Å². The van der Waals surface area contributed by atoms with Crippen LogP contribution in [-0.4, -0.2) is 9.97 Å². The standard InChI is InChI=1S/C55H42N2S/c1-54(2)46-31-39(27-28-41(46)43-33-48-44(32-47(43)54)40-15-7-9-17-45(40)55(48)29-11-4-12-30-55)36-21-19-34(20-22-36)35-23-25-37(26-24-35)50-52-51(42-16-8-10-18-49(42)58-52)57-53(56-50)38-13-5-3-6-14-38/h3,5-10,13-28,31-33H,4,11-12,29-30H2,1-2H3. The topological polar surface area (TPSA) is 25.8 Å². The van der Waals surface area contributed by atoms with Crippen LogP contribution in [0.4, 0.5) is 0 Å². The highest BCUT2D eigenvalue weighted by molar-refractivity contribution is 7.26. The molecule has 0 aliphatic heterocycles. The minimum absolute atomic E-state index is 0.0817. The number of aromatic nitrogens is 2. The van der Waals surface area contributed by atoms with Crippen LogP contribution in [0.2, 0.25) is 0 Å². The average Bonchev–Trinajstić information content (AvgIpc) is 3.86. The zero-order chi connectivity index (χ0) is 38.6. The molecule has 0 saturated heterocycles. The molecule has 0 amide bonds. The molecule has 2 heterocycles. The molecule has 2 aromatic heterocycles. The molecule has 0 radical (unpaired) electrons. The van der Waals surface area contributed by atoms with Gasteiger partial charge in [0.1, 0.15) is 0 Å². The maximum absolute atomic E-state index is 5.18. The van der Waals surface area contributed by atoms with Crippen molar-refractivity contribution < 1.29 is 0 Å². The van der Waals surface area contributed by atoms with E-state index in [4.69, 9.17) is 9.97 Å². The van der Waals surface area contributed by atoms with Crippen LogP contribution in [0.1, 0.15) is 68.2 Å². The molecule has 1 spiro atoms. The molecule has 0 atom stereocenters. The van der Waals surface area contributed by atoms with Gasteiger partial charge in [-0.2, -0.15) is 0 Å². The lowest BCUT2D eigenvalue weighted by Gasteiger charge is -2.36. The minimum Gasteiger partial charge on any atom is -0.226 e. The maximum Gasteiger partial charge on any atom is 0.160 e. The van der Waals surface area contributed by atoms with E-state index in [1.807, 2.05) is 18.2 Å². The second-order valence-corrected chi connectivity index (χ2v) is 18.3. The lowest BCUT2D eigenvalue weighted by molar-refractivity contribution is 0.353. The molecule has 3 aliphatic carbocycles. The number of hydrogen-bond donors (Lipinski definition) is 0. The van der Waals surface area contributed by atoms with Crippen molar-refractivity contribution in [2.75, 3.05) is 0 Å². The highest BCUT2D eigenvalue weighted by atomic mass is 32.1. The van der Waals surface area contributed by atoms with Crippen LogP contribution >= 0.6 is 11.3 Å². The molecule has 0 N–H and O–H groups in total. The third-order valence-electron chi connectivity index (χ3n) is 13.7. The van der Waals surface area contributed by atoms with Crippen molar-refractivity contribution in [1.82, 2.24) is 9.97 Å². The first kappa shape index (κ1) is 33.9. The summed E-state index contributed by atoms with van der Waals surface area (Å²) >= 11 is 1.77. The van der Waals surface area contributed by atoms with Gasteiger partial charge >= 0.3 is 0 Å². The van der Waals surface area contributed by atoms with Gasteiger partial charge in [-0.1, -0.05) is 167 Å². The fraction of sp³-hybridized carbons (Fsp3) is 0.164. The van der Waals surface area contributed by atoms with Crippen molar-refractivity contribution in [2.45, 2.75) is 56.8 Å². The predicted molar refractivity (Wildman–Crippen MR) is 244 cm³/mol. The quantitative estimate of drug-likeness (QED) is 0.178. The van der Waals surface area contributed by atoms with Gasteiger partial charge in [0.25, 0.3) is 0 Å². The Morgan fingerprint density at radius 3 is 1.81 bits per heavy atom. The first-order chi connectivity index (χ1) is 28.5. The van der Waals surface area contributed by atoms with Gasteiger partial charge in [0, 0.05) is 32.0 Å². The Labute approximate surface area is 343 Å². The molecule has 0 bridgehead atoms. The summed E-state index contributed by atoms with van der Waals surface area (Å²) in [6, 6.07) is 58.5. The summed E-state index contributed by atoms with van der Waals surface area (Å²) in [5, 5.41) is 1.18. The zero-order valence-corrected chi connectivity index (χ0v) is 33.7. The lowest BCUT2D eigenvalue weighted by atomic mass is 9.67. The van der Waals surface area contributed by atoms with Crippen molar-refractivity contribution in [3.63, 3.8) is 0 Å². The summed E-state index contributed by atoms with van der Waals surface area (Å²) in [6.45, 7) is 4.85. The van der Waals surface area contributed by atoms with Gasteiger partial charge in [-0.25, -0.2) is 9.97 Å². The average molecular weight is 763 g/mol.